The highest BCUT2D eigenvalue weighted by Gasteiger charge is 2.21. The van der Waals surface area contributed by atoms with Crippen LogP contribution in [0.3, 0.4) is 0 Å². The van der Waals surface area contributed by atoms with E-state index in [2.05, 4.69) is 24.3 Å². The Labute approximate surface area is 194 Å². The molecule has 2 aromatic carbocycles. The van der Waals surface area contributed by atoms with E-state index >= 15 is 0 Å². The summed E-state index contributed by atoms with van der Waals surface area (Å²) >= 11 is 0. The van der Waals surface area contributed by atoms with Gasteiger partial charge in [0.2, 0.25) is 5.91 Å². The second-order valence-corrected chi connectivity index (χ2v) is 8.80. The topological polar surface area (TPSA) is 94.8 Å². The molecule has 0 aliphatic heterocycles. The Morgan fingerprint density at radius 1 is 1.12 bits per heavy atom. The third kappa shape index (κ3) is 7.17. The number of rotatable bonds is 11. The minimum Gasteiger partial charge on any atom is -0.423 e. The predicted octanol–water partition coefficient (Wildman–Crippen LogP) is 3.76. The van der Waals surface area contributed by atoms with Crippen LogP contribution < -0.4 is 16.4 Å². The summed E-state index contributed by atoms with van der Waals surface area (Å²) in [7, 11) is 4.12. The van der Waals surface area contributed by atoms with E-state index < -0.39 is 17.5 Å². The van der Waals surface area contributed by atoms with Crippen LogP contribution in [0.1, 0.15) is 29.5 Å². The van der Waals surface area contributed by atoms with E-state index in [-0.39, 0.29) is 6.42 Å². The lowest BCUT2D eigenvalue weighted by Crippen LogP contribution is -2.31. The second-order valence-electron chi connectivity index (χ2n) is 8.80. The van der Waals surface area contributed by atoms with E-state index in [1.54, 1.807) is 17.6 Å². The summed E-state index contributed by atoms with van der Waals surface area (Å²) < 4.78 is 5.43. The molecule has 7 nitrogen and oxygen atoms in total. The van der Waals surface area contributed by atoms with E-state index in [1.807, 2.05) is 43.3 Å². The molecular formula is C26H33N3O4. The Morgan fingerprint density at radius 3 is 2.58 bits per heavy atom. The van der Waals surface area contributed by atoms with Gasteiger partial charge in [-0.15, -0.1) is 0 Å². The number of carbonyl (C=O) groups excluding carboxylic acids is 1. The molecule has 3 N–H and O–H groups in total. The van der Waals surface area contributed by atoms with Crippen molar-refractivity contribution in [1.29, 1.82) is 0 Å². The van der Waals surface area contributed by atoms with E-state index in [1.165, 1.54) is 0 Å². The van der Waals surface area contributed by atoms with Crippen LogP contribution in [0.25, 0.3) is 11.0 Å². The fourth-order valence-corrected chi connectivity index (χ4v) is 3.87. The minimum absolute atomic E-state index is 0.199. The van der Waals surface area contributed by atoms with Gasteiger partial charge in [-0.1, -0.05) is 23.8 Å². The van der Waals surface area contributed by atoms with E-state index in [9.17, 15) is 14.8 Å². The van der Waals surface area contributed by atoms with Crippen molar-refractivity contribution in [2.75, 3.05) is 32.5 Å². The molecule has 1 amide bonds. The third-order valence-electron chi connectivity index (χ3n) is 5.75. The zero-order valence-electron chi connectivity index (χ0n) is 19.6. The molecule has 3 aromatic rings. The molecule has 1 atom stereocenters. The number of hydrogen-bond acceptors (Lipinski definition) is 6. The summed E-state index contributed by atoms with van der Waals surface area (Å²) in [5.41, 5.74) is 5.45. The van der Waals surface area contributed by atoms with E-state index in [0.717, 1.165) is 41.7 Å². The maximum absolute atomic E-state index is 12.5. The van der Waals surface area contributed by atoms with Crippen molar-refractivity contribution >= 4 is 22.6 Å². The van der Waals surface area contributed by atoms with Gasteiger partial charge in [-0.25, -0.2) is 10.3 Å². The molecule has 0 spiro atoms. The van der Waals surface area contributed by atoms with Gasteiger partial charge in [0.25, 0.3) is 0 Å². The molecule has 0 saturated carbocycles. The minimum atomic E-state index is -0.552. The maximum atomic E-state index is 12.5. The summed E-state index contributed by atoms with van der Waals surface area (Å²) in [4.78, 5) is 26.9. The number of hydrogen-bond donors (Lipinski definition) is 3. The first-order valence-corrected chi connectivity index (χ1v) is 11.3. The summed E-state index contributed by atoms with van der Waals surface area (Å²) in [6.45, 7) is 3.91. The smallest absolute Gasteiger partial charge is 0.339 e. The predicted molar refractivity (Wildman–Crippen MR) is 131 cm³/mol. The molecule has 0 bridgehead atoms. The second kappa shape index (κ2) is 11.6. The normalized spacial score (nSPS) is 12.2. The summed E-state index contributed by atoms with van der Waals surface area (Å²) in [5.74, 6) is -1.05. The lowest BCUT2D eigenvalue weighted by molar-refractivity contribution is -0.133. The van der Waals surface area contributed by atoms with E-state index in [0.29, 0.717) is 24.0 Å². The number of nitrogens with one attached hydrogen (secondary N) is 2. The number of amides is 1. The molecular weight excluding hydrogens is 418 g/mol. The highest BCUT2D eigenvalue weighted by atomic mass is 16.5. The van der Waals surface area contributed by atoms with Crippen molar-refractivity contribution in [1.82, 2.24) is 10.4 Å². The third-order valence-corrected chi connectivity index (χ3v) is 5.75. The van der Waals surface area contributed by atoms with Gasteiger partial charge in [-0.3, -0.25) is 10.0 Å². The van der Waals surface area contributed by atoms with Gasteiger partial charge in [-0.2, -0.15) is 0 Å². The van der Waals surface area contributed by atoms with Crippen LogP contribution in [0.2, 0.25) is 0 Å². The molecule has 0 fully saturated rings. The number of hydroxylamine groups is 1. The zero-order valence-corrected chi connectivity index (χ0v) is 19.6. The van der Waals surface area contributed by atoms with Gasteiger partial charge in [0.15, 0.2) is 0 Å². The first-order valence-electron chi connectivity index (χ1n) is 11.3. The fourth-order valence-electron chi connectivity index (χ4n) is 3.87. The van der Waals surface area contributed by atoms with Gasteiger partial charge < -0.3 is 14.6 Å². The zero-order chi connectivity index (χ0) is 23.8. The largest absolute Gasteiger partial charge is 0.423 e. The Hall–Kier alpha value is -3.16. The number of aryl methyl sites for hydroxylation is 2. The molecule has 3 rings (SSSR count). The molecule has 0 saturated heterocycles. The molecule has 0 aliphatic carbocycles. The molecule has 1 unspecified atom stereocenters. The summed E-state index contributed by atoms with van der Waals surface area (Å²) in [6, 6.07) is 15.5. The van der Waals surface area contributed by atoms with Crippen molar-refractivity contribution in [3.05, 3.63) is 75.6 Å². The van der Waals surface area contributed by atoms with Crippen LogP contribution in [0.15, 0.2) is 57.7 Å². The average Bonchev–Trinajstić information content (AvgIpc) is 2.80. The standard InChI is InChI=1S/C26H33N3O4/c1-18-5-12-24-21(15-18)17-22(26(31)33-24)16-20(25(30)28-32)9-6-19-7-10-23(11-8-19)27-13-4-14-29(2)3/h5,7-8,10-12,15,17,20,27,32H,4,6,9,13-14,16H2,1-3H3,(H,28,30). The van der Waals surface area contributed by atoms with Gasteiger partial charge in [-0.05, 0) is 89.1 Å². The molecule has 1 heterocycles. The van der Waals surface area contributed by atoms with Crippen molar-refractivity contribution in [2.24, 2.45) is 5.92 Å². The van der Waals surface area contributed by atoms with Crippen molar-refractivity contribution in [3.8, 4) is 0 Å². The number of anilines is 1. The first kappa shape index (κ1) is 24.5. The summed E-state index contributed by atoms with van der Waals surface area (Å²) in [6.07, 6.45) is 2.41. The number of nitrogens with zero attached hydrogens (tertiary/aromatic N) is 1. The number of fused-ring (bicyclic) bond motifs is 1. The lowest BCUT2D eigenvalue weighted by Gasteiger charge is -2.15. The van der Waals surface area contributed by atoms with Gasteiger partial charge >= 0.3 is 5.63 Å². The van der Waals surface area contributed by atoms with Gasteiger partial charge in [0, 0.05) is 29.1 Å². The Kier molecular flexibility index (Phi) is 8.63. The summed E-state index contributed by atoms with van der Waals surface area (Å²) in [5, 5.41) is 13.4. The Bertz CT molecular complexity index is 1120. The molecule has 7 heteroatoms. The molecule has 176 valence electrons. The number of benzene rings is 2. The Balaban J connectivity index is 1.63. The SMILES string of the molecule is Cc1ccc2oc(=O)c(CC(CCc3ccc(NCCCN(C)C)cc3)C(=O)NO)cc2c1. The first-order chi connectivity index (χ1) is 15.9. The average molecular weight is 452 g/mol. The van der Waals surface area contributed by atoms with Gasteiger partial charge in [0.05, 0.1) is 0 Å². The quantitative estimate of drug-likeness (QED) is 0.178. The van der Waals surface area contributed by atoms with E-state index in [4.69, 9.17) is 4.42 Å². The van der Waals surface area contributed by atoms with Crippen LogP contribution in [-0.4, -0.2) is 43.2 Å². The molecule has 0 radical (unpaired) electrons. The maximum Gasteiger partial charge on any atom is 0.339 e. The van der Waals surface area contributed by atoms with Crippen molar-refractivity contribution in [3.63, 3.8) is 0 Å². The highest BCUT2D eigenvalue weighted by molar-refractivity contribution is 5.79. The van der Waals surface area contributed by atoms with Crippen molar-refractivity contribution < 1.29 is 14.4 Å². The number of carbonyl (C=O) groups is 1. The lowest BCUT2D eigenvalue weighted by atomic mass is 9.92. The monoisotopic (exact) mass is 451 g/mol. The highest BCUT2D eigenvalue weighted by Crippen LogP contribution is 2.20. The van der Waals surface area contributed by atoms with Crippen LogP contribution in [-0.2, 0) is 17.6 Å². The Morgan fingerprint density at radius 2 is 1.88 bits per heavy atom. The molecule has 0 aliphatic rings. The van der Waals surface area contributed by atoms with Gasteiger partial charge in [0.1, 0.15) is 5.58 Å². The molecule has 1 aromatic heterocycles. The van der Waals surface area contributed by atoms with Crippen molar-refractivity contribution in [2.45, 2.75) is 32.6 Å². The molecule has 33 heavy (non-hydrogen) atoms. The van der Waals surface area contributed by atoms with Crippen LogP contribution in [0, 0.1) is 12.8 Å². The fraction of sp³-hybridized carbons (Fsp3) is 0.385. The van der Waals surface area contributed by atoms with Crippen LogP contribution >= 0.6 is 0 Å². The van der Waals surface area contributed by atoms with Crippen LogP contribution in [0.5, 0.6) is 0 Å². The van der Waals surface area contributed by atoms with Crippen LogP contribution in [0.4, 0.5) is 5.69 Å².